The monoisotopic (exact) mass is 350 g/mol. The van der Waals surface area contributed by atoms with E-state index in [9.17, 15) is 9.59 Å². The fraction of sp³-hybridized carbons (Fsp3) is 0.176. The standard InChI is InChI=1S/C17H16Cl2N2O2/c1-10-3-6-14(7-11(10)2)21-17(23)16(22)20-9-12-4-5-13(18)8-15(12)19/h3-8H,9H2,1-2H3,(H,20,22)(H,21,23). The van der Waals surface area contributed by atoms with E-state index in [1.54, 1.807) is 24.3 Å². The van der Waals surface area contributed by atoms with Gasteiger partial charge in [0.15, 0.2) is 0 Å². The molecule has 2 N–H and O–H groups in total. The molecule has 0 unspecified atom stereocenters. The Labute approximate surface area is 144 Å². The van der Waals surface area contributed by atoms with E-state index in [4.69, 9.17) is 23.2 Å². The summed E-state index contributed by atoms with van der Waals surface area (Å²) in [5, 5.41) is 6.04. The van der Waals surface area contributed by atoms with Crippen LogP contribution in [0.2, 0.25) is 10.0 Å². The van der Waals surface area contributed by atoms with E-state index in [-0.39, 0.29) is 6.54 Å². The van der Waals surface area contributed by atoms with Gasteiger partial charge in [-0.25, -0.2) is 0 Å². The number of carbonyl (C=O) groups excluding carboxylic acids is 2. The molecule has 6 heteroatoms. The lowest BCUT2D eigenvalue weighted by molar-refractivity contribution is -0.136. The molecule has 4 nitrogen and oxygen atoms in total. The van der Waals surface area contributed by atoms with Gasteiger partial charge in [-0.15, -0.1) is 0 Å². The zero-order valence-corrected chi connectivity index (χ0v) is 14.3. The number of carbonyl (C=O) groups is 2. The molecular weight excluding hydrogens is 335 g/mol. The van der Waals surface area contributed by atoms with Crippen LogP contribution < -0.4 is 10.6 Å². The number of nitrogens with one attached hydrogen (secondary N) is 2. The molecule has 0 aliphatic carbocycles. The molecule has 120 valence electrons. The number of rotatable bonds is 3. The highest BCUT2D eigenvalue weighted by atomic mass is 35.5. The second kappa shape index (κ2) is 7.49. The number of hydrogen-bond donors (Lipinski definition) is 2. The van der Waals surface area contributed by atoms with Crippen LogP contribution in [-0.4, -0.2) is 11.8 Å². The van der Waals surface area contributed by atoms with Gasteiger partial charge in [-0.1, -0.05) is 35.3 Å². The third-order valence-electron chi connectivity index (χ3n) is 3.43. The second-order valence-corrected chi connectivity index (χ2v) is 6.02. The molecule has 2 rings (SSSR count). The third-order valence-corrected chi connectivity index (χ3v) is 4.01. The maximum atomic E-state index is 11.9. The van der Waals surface area contributed by atoms with Gasteiger partial charge in [0.2, 0.25) is 0 Å². The third kappa shape index (κ3) is 4.71. The van der Waals surface area contributed by atoms with Gasteiger partial charge in [0.05, 0.1) is 0 Å². The molecule has 0 atom stereocenters. The topological polar surface area (TPSA) is 58.2 Å². The summed E-state index contributed by atoms with van der Waals surface area (Å²) in [6, 6.07) is 10.4. The second-order valence-electron chi connectivity index (χ2n) is 5.17. The molecule has 23 heavy (non-hydrogen) atoms. The van der Waals surface area contributed by atoms with E-state index in [0.717, 1.165) is 11.1 Å². The largest absolute Gasteiger partial charge is 0.344 e. The Morgan fingerprint density at radius 1 is 0.957 bits per heavy atom. The molecule has 2 aromatic carbocycles. The quantitative estimate of drug-likeness (QED) is 0.825. The predicted octanol–water partition coefficient (Wildman–Crippen LogP) is 3.87. The van der Waals surface area contributed by atoms with Gasteiger partial charge >= 0.3 is 11.8 Å². The molecule has 0 fully saturated rings. The van der Waals surface area contributed by atoms with Gasteiger partial charge in [0, 0.05) is 22.3 Å². The van der Waals surface area contributed by atoms with Crippen LogP contribution in [0, 0.1) is 13.8 Å². The highest BCUT2D eigenvalue weighted by Crippen LogP contribution is 2.20. The normalized spacial score (nSPS) is 10.3. The molecule has 2 aromatic rings. The van der Waals surface area contributed by atoms with E-state index < -0.39 is 11.8 Å². The van der Waals surface area contributed by atoms with E-state index in [1.807, 2.05) is 26.0 Å². The van der Waals surface area contributed by atoms with Crippen LogP contribution in [0.1, 0.15) is 16.7 Å². The Morgan fingerprint density at radius 3 is 2.35 bits per heavy atom. The maximum Gasteiger partial charge on any atom is 0.313 e. The Kier molecular flexibility index (Phi) is 5.64. The van der Waals surface area contributed by atoms with Gasteiger partial charge < -0.3 is 10.6 Å². The van der Waals surface area contributed by atoms with Gasteiger partial charge in [-0.05, 0) is 54.8 Å². The van der Waals surface area contributed by atoms with Crippen LogP contribution in [0.5, 0.6) is 0 Å². The van der Waals surface area contributed by atoms with Gasteiger partial charge in [0.1, 0.15) is 0 Å². The predicted molar refractivity (Wildman–Crippen MR) is 92.9 cm³/mol. The van der Waals surface area contributed by atoms with E-state index in [1.165, 1.54) is 0 Å². The summed E-state index contributed by atoms with van der Waals surface area (Å²) in [7, 11) is 0. The minimum atomic E-state index is -0.728. The Balaban J connectivity index is 1.94. The van der Waals surface area contributed by atoms with Crippen molar-refractivity contribution in [3.05, 3.63) is 63.1 Å². The van der Waals surface area contributed by atoms with Crippen molar-refractivity contribution in [3.63, 3.8) is 0 Å². The van der Waals surface area contributed by atoms with E-state index in [0.29, 0.717) is 21.3 Å². The zero-order chi connectivity index (χ0) is 17.0. The van der Waals surface area contributed by atoms with Crippen LogP contribution in [-0.2, 0) is 16.1 Å². The highest BCUT2D eigenvalue weighted by Gasteiger charge is 2.14. The summed E-state index contributed by atoms with van der Waals surface area (Å²) in [6.07, 6.45) is 0. The Morgan fingerprint density at radius 2 is 1.70 bits per heavy atom. The van der Waals surface area contributed by atoms with Crippen LogP contribution in [0.4, 0.5) is 5.69 Å². The number of anilines is 1. The lowest BCUT2D eigenvalue weighted by atomic mass is 10.1. The molecule has 0 bridgehead atoms. The number of aryl methyl sites for hydroxylation is 2. The summed E-state index contributed by atoms with van der Waals surface area (Å²) in [5.41, 5.74) is 3.42. The van der Waals surface area contributed by atoms with Gasteiger partial charge in [-0.2, -0.15) is 0 Å². The summed E-state index contributed by atoms with van der Waals surface area (Å²) < 4.78 is 0. The summed E-state index contributed by atoms with van der Waals surface area (Å²) >= 11 is 11.8. The highest BCUT2D eigenvalue weighted by molar-refractivity contribution is 6.39. The summed E-state index contributed by atoms with van der Waals surface area (Å²) in [6.45, 7) is 4.06. The van der Waals surface area contributed by atoms with Crippen molar-refractivity contribution in [3.8, 4) is 0 Å². The van der Waals surface area contributed by atoms with Crippen molar-refractivity contribution >= 4 is 40.7 Å². The van der Waals surface area contributed by atoms with Gasteiger partial charge in [0.25, 0.3) is 0 Å². The van der Waals surface area contributed by atoms with Crippen molar-refractivity contribution in [1.82, 2.24) is 5.32 Å². The number of halogens is 2. The summed E-state index contributed by atoms with van der Waals surface area (Å²) in [4.78, 5) is 23.8. The number of amides is 2. The minimum Gasteiger partial charge on any atom is -0.344 e. The van der Waals surface area contributed by atoms with Crippen molar-refractivity contribution in [2.24, 2.45) is 0 Å². The Hall–Kier alpha value is -2.04. The molecule has 0 aromatic heterocycles. The average Bonchev–Trinajstić information content (AvgIpc) is 2.49. The SMILES string of the molecule is Cc1ccc(NC(=O)C(=O)NCc2ccc(Cl)cc2Cl)cc1C. The van der Waals surface area contributed by atoms with E-state index >= 15 is 0 Å². The van der Waals surface area contributed by atoms with Crippen LogP contribution in [0.15, 0.2) is 36.4 Å². The van der Waals surface area contributed by atoms with Crippen molar-refractivity contribution in [1.29, 1.82) is 0 Å². The molecular formula is C17H16Cl2N2O2. The van der Waals surface area contributed by atoms with E-state index in [2.05, 4.69) is 10.6 Å². The molecule has 2 amide bonds. The first-order chi connectivity index (χ1) is 10.9. The minimum absolute atomic E-state index is 0.148. The molecule has 0 saturated heterocycles. The molecule has 0 saturated carbocycles. The first-order valence-corrected chi connectivity index (χ1v) is 7.73. The zero-order valence-electron chi connectivity index (χ0n) is 12.7. The van der Waals surface area contributed by atoms with Crippen LogP contribution in [0.3, 0.4) is 0 Å². The smallest absolute Gasteiger partial charge is 0.313 e. The average molecular weight is 351 g/mol. The summed E-state index contributed by atoms with van der Waals surface area (Å²) in [5.74, 6) is -1.45. The first-order valence-electron chi connectivity index (χ1n) is 6.97. The van der Waals surface area contributed by atoms with Crippen LogP contribution >= 0.6 is 23.2 Å². The lowest BCUT2D eigenvalue weighted by Crippen LogP contribution is -2.35. The molecule has 0 aliphatic rings. The first kappa shape index (κ1) is 17.3. The van der Waals surface area contributed by atoms with Crippen molar-refractivity contribution < 1.29 is 9.59 Å². The fourth-order valence-electron chi connectivity index (χ4n) is 1.93. The fourth-order valence-corrected chi connectivity index (χ4v) is 2.40. The number of benzene rings is 2. The lowest BCUT2D eigenvalue weighted by Gasteiger charge is -2.09. The molecule has 0 spiro atoms. The van der Waals surface area contributed by atoms with Crippen molar-refractivity contribution in [2.75, 3.05) is 5.32 Å². The van der Waals surface area contributed by atoms with Crippen molar-refractivity contribution in [2.45, 2.75) is 20.4 Å². The maximum absolute atomic E-state index is 11.9. The van der Waals surface area contributed by atoms with Gasteiger partial charge in [-0.3, -0.25) is 9.59 Å². The Bertz CT molecular complexity index is 760. The molecule has 0 aliphatic heterocycles. The molecule has 0 heterocycles. The molecule has 0 radical (unpaired) electrons. The number of hydrogen-bond acceptors (Lipinski definition) is 2. The van der Waals surface area contributed by atoms with Crippen LogP contribution in [0.25, 0.3) is 0 Å².